The van der Waals surface area contributed by atoms with E-state index in [1.54, 1.807) is 6.20 Å². The molecule has 102 valence electrons. The molecule has 2 rings (SSSR count). The lowest BCUT2D eigenvalue weighted by Gasteiger charge is -2.18. The Kier molecular flexibility index (Phi) is 4.23. The highest BCUT2D eigenvalue weighted by molar-refractivity contribution is 7.98. The van der Waals surface area contributed by atoms with Crippen molar-refractivity contribution in [1.29, 1.82) is 0 Å². The van der Waals surface area contributed by atoms with Crippen molar-refractivity contribution in [2.75, 3.05) is 23.6 Å². The summed E-state index contributed by atoms with van der Waals surface area (Å²) in [7, 11) is 3.93. The summed E-state index contributed by atoms with van der Waals surface area (Å²) < 4.78 is 1.98. The molecular weight excluding hydrogens is 262 g/mol. The van der Waals surface area contributed by atoms with E-state index in [0.717, 1.165) is 11.6 Å². The van der Waals surface area contributed by atoms with Gasteiger partial charge in [0, 0.05) is 32.6 Å². The van der Waals surface area contributed by atoms with E-state index in [9.17, 15) is 0 Å². The molecule has 7 nitrogen and oxygen atoms in total. The average molecular weight is 279 g/mol. The Labute approximate surface area is 116 Å². The highest BCUT2D eigenvalue weighted by Crippen LogP contribution is 2.20. The third-order valence-electron chi connectivity index (χ3n) is 2.71. The lowest BCUT2D eigenvalue weighted by atomic mass is 10.4. The summed E-state index contributed by atoms with van der Waals surface area (Å²) in [4.78, 5) is 15.0. The minimum atomic E-state index is 0.598. The largest absolute Gasteiger partial charge is 0.352 e. The number of nitrogens with one attached hydrogen (secondary N) is 1. The second kappa shape index (κ2) is 5.89. The van der Waals surface area contributed by atoms with Crippen molar-refractivity contribution in [2.45, 2.75) is 11.7 Å². The number of imidazole rings is 1. The highest BCUT2D eigenvalue weighted by Gasteiger charge is 2.10. The molecule has 0 spiro atoms. The fourth-order valence-corrected chi connectivity index (χ4v) is 1.99. The molecule has 0 amide bonds. The minimum absolute atomic E-state index is 0.598. The third-order valence-corrected chi connectivity index (χ3v) is 3.26. The zero-order chi connectivity index (χ0) is 13.8. The van der Waals surface area contributed by atoms with E-state index < -0.39 is 0 Å². The molecule has 0 saturated heterocycles. The summed E-state index contributed by atoms with van der Waals surface area (Å²) in [5, 5.41) is 0.678. The van der Waals surface area contributed by atoms with Crippen LogP contribution in [0.1, 0.15) is 5.82 Å². The van der Waals surface area contributed by atoms with Crippen molar-refractivity contribution in [3.8, 4) is 0 Å². The molecule has 19 heavy (non-hydrogen) atoms. The van der Waals surface area contributed by atoms with Crippen LogP contribution in [0.3, 0.4) is 0 Å². The van der Waals surface area contributed by atoms with Gasteiger partial charge in [0.2, 0.25) is 0 Å². The van der Waals surface area contributed by atoms with Crippen molar-refractivity contribution >= 4 is 23.4 Å². The van der Waals surface area contributed by atoms with E-state index >= 15 is 0 Å². The number of hydrazine groups is 1. The molecule has 2 aromatic heterocycles. The second-order valence-electron chi connectivity index (χ2n) is 4.05. The zero-order valence-corrected chi connectivity index (χ0v) is 12.0. The predicted octanol–water partition coefficient (Wildman–Crippen LogP) is 0.854. The number of nitrogen functional groups attached to an aromatic ring is 1. The van der Waals surface area contributed by atoms with Crippen LogP contribution in [-0.2, 0) is 13.6 Å². The van der Waals surface area contributed by atoms with Gasteiger partial charge in [0.25, 0.3) is 0 Å². The topological polar surface area (TPSA) is 84.9 Å². The van der Waals surface area contributed by atoms with E-state index in [2.05, 4.69) is 20.4 Å². The Morgan fingerprint density at radius 3 is 2.84 bits per heavy atom. The van der Waals surface area contributed by atoms with Crippen LogP contribution in [0, 0.1) is 0 Å². The molecule has 0 bridgehead atoms. The Hall–Kier alpha value is -1.80. The third kappa shape index (κ3) is 3.15. The van der Waals surface area contributed by atoms with E-state index in [4.69, 9.17) is 5.84 Å². The van der Waals surface area contributed by atoms with Gasteiger partial charge in [-0.25, -0.2) is 20.8 Å². The quantitative estimate of drug-likeness (QED) is 0.363. The summed E-state index contributed by atoms with van der Waals surface area (Å²) in [6, 6.07) is 1.81. The van der Waals surface area contributed by atoms with Gasteiger partial charge >= 0.3 is 0 Å². The molecule has 8 heteroatoms. The number of hydrogen-bond donors (Lipinski definition) is 2. The summed E-state index contributed by atoms with van der Waals surface area (Å²) in [5.74, 6) is 7.78. The summed E-state index contributed by atoms with van der Waals surface area (Å²) >= 11 is 1.48. The zero-order valence-electron chi connectivity index (χ0n) is 11.2. The van der Waals surface area contributed by atoms with Crippen LogP contribution in [0.25, 0.3) is 0 Å². The van der Waals surface area contributed by atoms with Crippen LogP contribution in [-0.4, -0.2) is 32.8 Å². The Bertz CT molecular complexity index is 531. The Balaban J connectivity index is 2.23. The first kappa shape index (κ1) is 13.6. The first-order valence-corrected chi connectivity index (χ1v) is 6.93. The highest BCUT2D eigenvalue weighted by atomic mass is 32.2. The van der Waals surface area contributed by atoms with Gasteiger partial charge in [0.05, 0.1) is 6.54 Å². The molecule has 0 atom stereocenters. The van der Waals surface area contributed by atoms with Crippen molar-refractivity contribution in [2.24, 2.45) is 12.9 Å². The van der Waals surface area contributed by atoms with Crippen LogP contribution in [0.4, 0.5) is 11.6 Å². The maximum Gasteiger partial charge on any atom is 0.191 e. The van der Waals surface area contributed by atoms with Crippen molar-refractivity contribution in [3.05, 3.63) is 24.3 Å². The van der Waals surface area contributed by atoms with Crippen molar-refractivity contribution < 1.29 is 0 Å². The molecule has 0 radical (unpaired) electrons. The molecule has 0 aromatic carbocycles. The number of rotatable bonds is 5. The Morgan fingerprint density at radius 1 is 1.47 bits per heavy atom. The van der Waals surface area contributed by atoms with Crippen LogP contribution in [0.15, 0.2) is 23.6 Å². The smallest absolute Gasteiger partial charge is 0.191 e. The fourth-order valence-electron chi connectivity index (χ4n) is 1.62. The standard InChI is InChI=1S/C11H17N7S/c1-17-5-4-13-10(17)7-18(2)9-6-8(16-12)14-11(15-9)19-3/h4-6H,7,12H2,1-3H3,(H,14,15,16). The van der Waals surface area contributed by atoms with E-state index in [1.165, 1.54) is 11.8 Å². The van der Waals surface area contributed by atoms with Gasteiger partial charge in [-0.05, 0) is 6.26 Å². The first-order chi connectivity index (χ1) is 9.13. The summed E-state index contributed by atoms with van der Waals surface area (Å²) in [6.07, 6.45) is 5.63. The number of thioether (sulfide) groups is 1. The molecule has 0 fully saturated rings. The van der Waals surface area contributed by atoms with Gasteiger partial charge in [0.15, 0.2) is 5.16 Å². The van der Waals surface area contributed by atoms with Crippen LogP contribution >= 0.6 is 11.8 Å². The molecule has 0 aliphatic carbocycles. The fraction of sp³-hybridized carbons (Fsp3) is 0.364. The number of aromatic nitrogens is 4. The van der Waals surface area contributed by atoms with Gasteiger partial charge in [0.1, 0.15) is 17.5 Å². The lowest BCUT2D eigenvalue weighted by Crippen LogP contribution is -2.21. The van der Waals surface area contributed by atoms with Gasteiger partial charge in [-0.3, -0.25) is 0 Å². The summed E-state index contributed by atoms with van der Waals surface area (Å²) in [5.41, 5.74) is 2.56. The number of nitrogens with two attached hydrogens (primary N) is 1. The maximum atomic E-state index is 5.42. The molecule has 0 aliphatic rings. The van der Waals surface area contributed by atoms with Crippen LogP contribution in [0.5, 0.6) is 0 Å². The van der Waals surface area contributed by atoms with Crippen LogP contribution < -0.4 is 16.2 Å². The van der Waals surface area contributed by atoms with E-state index in [-0.39, 0.29) is 0 Å². The second-order valence-corrected chi connectivity index (χ2v) is 4.83. The number of anilines is 2. The summed E-state index contributed by atoms with van der Waals surface area (Å²) in [6.45, 7) is 0.665. The average Bonchev–Trinajstić information content (AvgIpc) is 2.83. The van der Waals surface area contributed by atoms with Crippen molar-refractivity contribution in [3.63, 3.8) is 0 Å². The van der Waals surface area contributed by atoms with E-state index in [0.29, 0.717) is 17.5 Å². The molecule has 0 saturated carbocycles. The number of hydrogen-bond acceptors (Lipinski definition) is 7. The molecular formula is C11H17N7S. The molecule has 2 aromatic rings. The predicted molar refractivity (Wildman–Crippen MR) is 76.9 cm³/mol. The van der Waals surface area contributed by atoms with Gasteiger partial charge in [-0.1, -0.05) is 11.8 Å². The molecule has 0 unspecified atom stereocenters. The van der Waals surface area contributed by atoms with Crippen molar-refractivity contribution in [1.82, 2.24) is 19.5 Å². The lowest BCUT2D eigenvalue weighted by molar-refractivity contribution is 0.749. The van der Waals surface area contributed by atoms with Gasteiger partial charge < -0.3 is 14.9 Å². The SMILES string of the molecule is CSc1nc(NN)cc(N(C)Cc2nccn2C)n1. The molecule has 2 heterocycles. The normalized spacial score (nSPS) is 10.5. The number of aryl methyl sites for hydroxylation is 1. The first-order valence-electron chi connectivity index (χ1n) is 5.71. The minimum Gasteiger partial charge on any atom is -0.352 e. The van der Waals surface area contributed by atoms with E-state index in [1.807, 2.05) is 42.1 Å². The molecule has 3 N–H and O–H groups in total. The van der Waals surface area contributed by atoms with Gasteiger partial charge in [-0.15, -0.1) is 0 Å². The molecule has 0 aliphatic heterocycles. The Morgan fingerprint density at radius 2 is 2.26 bits per heavy atom. The monoisotopic (exact) mass is 279 g/mol. The number of nitrogens with zero attached hydrogens (tertiary/aromatic N) is 5. The van der Waals surface area contributed by atoms with Crippen LogP contribution in [0.2, 0.25) is 0 Å². The van der Waals surface area contributed by atoms with Gasteiger partial charge in [-0.2, -0.15) is 0 Å². The maximum absolute atomic E-state index is 5.42.